The molecule has 0 radical (unpaired) electrons. The van der Waals surface area contributed by atoms with E-state index in [1.807, 2.05) is 6.92 Å². The highest BCUT2D eigenvalue weighted by molar-refractivity contribution is 5.80. The van der Waals surface area contributed by atoms with Crippen molar-refractivity contribution < 1.29 is 0 Å². The molecular weight excluding hydrogens is 172 g/mol. The third kappa shape index (κ3) is 2.87. The number of nitrogens with two attached hydrogens (primary N) is 1. The first-order chi connectivity index (χ1) is 6.63. The summed E-state index contributed by atoms with van der Waals surface area (Å²) in [5, 5.41) is 0. The van der Waals surface area contributed by atoms with Crippen LogP contribution >= 0.6 is 0 Å². The normalized spacial score (nSPS) is 14.1. The van der Waals surface area contributed by atoms with Crippen molar-refractivity contribution in [3.8, 4) is 0 Å². The van der Waals surface area contributed by atoms with Gasteiger partial charge in [0.25, 0.3) is 0 Å². The van der Waals surface area contributed by atoms with Gasteiger partial charge in [-0.15, -0.1) is 0 Å². The van der Waals surface area contributed by atoms with Crippen LogP contribution in [0.5, 0.6) is 0 Å². The van der Waals surface area contributed by atoms with E-state index in [2.05, 4.69) is 43.1 Å². The van der Waals surface area contributed by atoms with E-state index in [4.69, 9.17) is 5.73 Å². The van der Waals surface area contributed by atoms with Crippen LogP contribution in [0.3, 0.4) is 0 Å². The Labute approximate surface area is 85.9 Å². The van der Waals surface area contributed by atoms with E-state index in [1.54, 1.807) is 0 Å². The third-order valence-corrected chi connectivity index (χ3v) is 2.28. The molecule has 1 unspecified atom stereocenters. The topological polar surface area (TPSA) is 38.4 Å². The second kappa shape index (κ2) is 4.80. The lowest BCUT2D eigenvalue weighted by molar-refractivity contribution is 0.812. The fraction of sp³-hybridized carbons (Fsp3) is 0.417. The number of hydrogen-bond donors (Lipinski definition) is 1. The van der Waals surface area contributed by atoms with Gasteiger partial charge in [0, 0.05) is 6.42 Å². The van der Waals surface area contributed by atoms with E-state index in [9.17, 15) is 0 Å². The highest BCUT2D eigenvalue weighted by Crippen LogP contribution is 2.16. The molecule has 0 amide bonds. The third-order valence-electron chi connectivity index (χ3n) is 2.28. The Bertz CT molecular complexity index is 312. The zero-order valence-electron chi connectivity index (χ0n) is 9.12. The molecule has 76 valence electrons. The van der Waals surface area contributed by atoms with Gasteiger partial charge in [0.1, 0.15) is 0 Å². The summed E-state index contributed by atoms with van der Waals surface area (Å²) in [6.45, 7) is 6.16. The van der Waals surface area contributed by atoms with Crippen LogP contribution in [0.2, 0.25) is 0 Å². The predicted octanol–water partition coefficient (Wildman–Crippen LogP) is 2.82. The second-order valence-electron chi connectivity index (χ2n) is 3.56. The molecule has 1 aromatic rings. The lowest BCUT2D eigenvalue weighted by atomic mass is 10.1. The summed E-state index contributed by atoms with van der Waals surface area (Å²) in [7, 11) is 0. The largest absolute Gasteiger partial charge is 0.387 e. The minimum Gasteiger partial charge on any atom is -0.387 e. The molecule has 2 nitrogen and oxygen atoms in total. The first-order valence-corrected chi connectivity index (χ1v) is 5.02. The number of benzene rings is 1. The summed E-state index contributed by atoms with van der Waals surface area (Å²) < 4.78 is 0. The number of nitrogens with zero attached hydrogens (tertiary/aromatic N) is 1. The summed E-state index contributed by atoms with van der Waals surface area (Å²) in [6, 6.07) is 8.57. The molecule has 1 atom stereocenters. The molecule has 0 aliphatic heterocycles. The first kappa shape index (κ1) is 10.8. The molecule has 0 bridgehead atoms. The van der Waals surface area contributed by atoms with Gasteiger partial charge in [0.2, 0.25) is 0 Å². The molecule has 0 heterocycles. The lowest BCUT2D eigenvalue weighted by Gasteiger charge is -2.08. The van der Waals surface area contributed by atoms with Crippen molar-refractivity contribution in [2.24, 2.45) is 10.7 Å². The quantitative estimate of drug-likeness (QED) is 0.577. The van der Waals surface area contributed by atoms with Crippen molar-refractivity contribution >= 4 is 5.84 Å². The zero-order valence-corrected chi connectivity index (χ0v) is 9.12. The van der Waals surface area contributed by atoms with E-state index in [0.29, 0.717) is 0 Å². The van der Waals surface area contributed by atoms with Gasteiger partial charge in [-0.1, -0.05) is 36.8 Å². The molecule has 0 spiro atoms. The highest BCUT2D eigenvalue weighted by Gasteiger charge is 2.02. The van der Waals surface area contributed by atoms with Gasteiger partial charge in [-0.2, -0.15) is 0 Å². The van der Waals surface area contributed by atoms with E-state index in [0.717, 1.165) is 12.3 Å². The molecule has 2 N–H and O–H groups in total. The Kier molecular flexibility index (Phi) is 3.69. The van der Waals surface area contributed by atoms with Gasteiger partial charge < -0.3 is 5.73 Å². The maximum atomic E-state index is 5.69. The number of amidine groups is 1. The molecule has 0 saturated carbocycles. The van der Waals surface area contributed by atoms with Crippen molar-refractivity contribution in [1.29, 1.82) is 0 Å². The monoisotopic (exact) mass is 190 g/mol. The average Bonchev–Trinajstić information content (AvgIpc) is 2.18. The molecule has 0 saturated heterocycles. The molecule has 1 rings (SSSR count). The van der Waals surface area contributed by atoms with Crippen LogP contribution < -0.4 is 5.73 Å². The molecular formula is C12H18N2. The average molecular weight is 190 g/mol. The standard InChI is InChI=1S/C12H18N2/c1-4-12(13)14-10(3)11-7-5-9(2)6-8-11/h5-8,10H,4H2,1-3H3,(H2,13,14). The second-order valence-corrected chi connectivity index (χ2v) is 3.56. The molecule has 0 fully saturated rings. The van der Waals surface area contributed by atoms with Gasteiger partial charge in [-0.05, 0) is 19.4 Å². The van der Waals surface area contributed by atoms with E-state index in [1.165, 1.54) is 11.1 Å². The molecule has 0 aromatic heterocycles. The smallest absolute Gasteiger partial charge is 0.0941 e. The van der Waals surface area contributed by atoms with E-state index >= 15 is 0 Å². The molecule has 2 heteroatoms. The highest BCUT2D eigenvalue weighted by atomic mass is 14.9. The van der Waals surface area contributed by atoms with Crippen LogP contribution in [-0.4, -0.2) is 5.84 Å². The molecule has 1 aromatic carbocycles. The van der Waals surface area contributed by atoms with Crippen LogP contribution in [0.25, 0.3) is 0 Å². The fourth-order valence-corrected chi connectivity index (χ4v) is 1.26. The maximum Gasteiger partial charge on any atom is 0.0941 e. The molecule has 14 heavy (non-hydrogen) atoms. The summed E-state index contributed by atoms with van der Waals surface area (Å²) in [4.78, 5) is 4.39. The fourth-order valence-electron chi connectivity index (χ4n) is 1.26. The van der Waals surface area contributed by atoms with Gasteiger partial charge in [0.15, 0.2) is 0 Å². The van der Waals surface area contributed by atoms with Crippen LogP contribution in [0.4, 0.5) is 0 Å². The van der Waals surface area contributed by atoms with Gasteiger partial charge >= 0.3 is 0 Å². The van der Waals surface area contributed by atoms with Crippen LogP contribution in [0, 0.1) is 6.92 Å². The summed E-state index contributed by atoms with van der Waals surface area (Å²) in [6.07, 6.45) is 0.816. The summed E-state index contributed by atoms with van der Waals surface area (Å²) in [5.74, 6) is 0.720. The SMILES string of the molecule is CCC(N)=NC(C)c1ccc(C)cc1. The minimum atomic E-state index is 0.163. The number of aryl methyl sites for hydroxylation is 1. The van der Waals surface area contributed by atoms with Crippen molar-refractivity contribution in [2.75, 3.05) is 0 Å². The Morgan fingerprint density at radius 2 is 1.93 bits per heavy atom. The van der Waals surface area contributed by atoms with Crippen molar-refractivity contribution in [3.05, 3.63) is 35.4 Å². The lowest BCUT2D eigenvalue weighted by Crippen LogP contribution is -2.11. The Morgan fingerprint density at radius 3 is 2.43 bits per heavy atom. The Hall–Kier alpha value is -1.31. The van der Waals surface area contributed by atoms with Crippen LogP contribution in [0.15, 0.2) is 29.3 Å². The molecule has 0 aliphatic carbocycles. The van der Waals surface area contributed by atoms with Gasteiger partial charge in [-0.25, -0.2) is 0 Å². The summed E-state index contributed by atoms with van der Waals surface area (Å²) in [5.41, 5.74) is 8.18. The summed E-state index contributed by atoms with van der Waals surface area (Å²) >= 11 is 0. The van der Waals surface area contributed by atoms with Crippen LogP contribution in [-0.2, 0) is 0 Å². The number of hydrogen-bond acceptors (Lipinski definition) is 1. The Morgan fingerprint density at radius 1 is 1.36 bits per heavy atom. The van der Waals surface area contributed by atoms with Crippen molar-refractivity contribution in [2.45, 2.75) is 33.2 Å². The van der Waals surface area contributed by atoms with E-state index in [-0.39, 0.29) is 6.04 Å². The van der Waals surface area contributed by atoms with Crippen molar-refractivity contribution in [3.63, 3.8) is 0 Å². The predicted molar refractivity (Wildman–Crippen MR) is 61.5 cm³/mol. The van der Waals surface area contributed by atoms with Gasteiger partial charge in [0.05, 0.1) is 11.9 Å². The first-order valence-electron chi connectivity index (χ1n) is 5.02. The number of rotatable bonds is 3. The number of aliphatic imine (C=N–C) groups is 1. The van der Waals surface area contributed by atoms with Crippen LogP contribution in [0.1, 0.15) is 37.4 Å². The van der Waals surface area contributed by atoms with Gasteiger partial charge in [-0.3, -0.25) is 4.99 Å². The van der Waals surface area contributed by atoms with E-state index < -0.39 is 0 Å². The zero-order chi connectivity index (χ0) is 10.6. The minimum absolute atomic E-state index is 0.163. The Balaban J connectivity index is 2.79. The molecule has 0 aliphatic rings. The van der Waals surface area contributed by atoms with Crippen molar-refractivity contribution in [1.82, 2.24) is 0 Å². The maximum absolute atomic E-state index is 5.69.